The van der Waals surface area contributed by atoms with Gasteiger partial charge in [0.2, 0.25) is 0 Å². The first-order valence-electron chi connectivity index (χ1n) is 10.4. The molecule has 1 aliphatic heterocycles. The fourth-order valence-corrected chi connectivity index (χ4v) is 4.18. The van der Waals surface area contributed by atoms with E-state index in [2.05, 4.69) is 25.4 Å². The summed E-state index contributed by atoms with van der Waals surface area (Å²) < 4.78 is 7.21. The van der Waals surface area contributed by atoms with Gasteiger partial charge in [-0.15, -0.1) is 5.10 Å². The molecule has 2 fully saturated rings. The lowest BCUT2D eigenvalue weighted by molar-refractivity contribution is 0.0691. The maximum Gasteiger partial charge on any atom is 0.280 e. The third kappa shape index (κ3) is 2.97. The summed E-state index contributed by atoms with van der Waals surface area (Å²) in [4.78, 5) is 22.6. The van der Waals surface area contributed by atoms with E-state index in [1.54, 1.807) is 0 Å². The maximum atomic E-state index is 13.1. The van der Waals surface area contributed by atoms with Crippen molar-refractivity contribution in [3.63, 3.8) is 0 Å². The van der Waals surface area contributed by atoms with Crippen LogP contribution < -0.4 is 0 Å². The molecule has 0 radical (unpaired) electrons. The van der Waals surface area contributed by atoms with Crippen molar-refractivity contribution in [1.29, 1.82) is 0 Å². The molecule has 1 N–H and O–H groups in total. The number of rotatable bonds is 4. The summed E-state index contributed by atoms with van der Waals surface area (Å²) in [5, 5.41) is 13.5. The fraction of sp³-hybridized carbons (Fsp3) is 0.381. The predicted octanol–water partition coefficient (Wildman–Crippen LogP) is 3.16. The summed E-state index contributed by atoms with van der Waals surface area (Å²) in [5.41, 5.74) is 2.34. The zero-order valence-electron chi connectivity index (χ0n) is 16.4. The lowest BCUT2D eigenvalue weighted by Gasteiger charge is -2.32. The summed E-state index contributed by atoms with van der Waals surface area (Å²) in [6.07, 6.45) is 7.65. The number of aromatic nitrogens is 6. The number of piperidine rings is 1. The number of fused-ring (bicyclic) bond motifs is 1. The van der Waals surface area contributed by atoms with Crippen LogP contribution in [0.4, 0.5) is 0 Å². The van der Waals surface area contributed by atoms with E-state index in [1.807, 2.05) is 46.2 Å². The first-order valence-corrected chi connectivity index (χ1v) is 10.4. The van der Waals surface area contributed by atoms with Gasteiger partial charge in [0.1, 0.15) is 0 Å². The number of nitrogens with one attached hydrogen (secondary N) is 1. The van der Waals surface area contributed by atoms with E-state index in [1.165, 1.54) is 0 Å². The largest absolute Gasteiger partial charge is 0.361 e. The van der Waals surface area contributed by atoms with Crippen LogP contribution >= 0.6 is 0 Å². The quantitative estimate of drug-likeness (QED) is 0.561. The van der Waals surface area contributed by atoms with E-state index in [0.29, 0.717) is 30.6 Å². The van der Waals surface area contributed by atoms with Crippen LogP contribution in [0.25, 0.3) is 22.5 Å². The molecule has 30 heavy (non-hydrogen) atoms. The summed E-state index contributed by atoms with van der Waals surface area (Å²) in [7, 11) is 0. The highest BCUT2D eigenvalue weighted by atomic mass is 16.5. The monoisotopic (exact) mass is 403 g/mol. The minimum absolute atomic E-state index is 0.0800. The van der Waals surface area contributed by atoms with Crippen molar-refractivity contribution in [3.05, 3.63) is 48.0 Å². The number of H-pyrrole nitrogens is 1. The Bertz CT molecular complexity index is 1210. The number of aromatic amines is 1. The van der Waals surface area contributed by atoms with Crippen molar-refractivity contribution in [1.82, 2.24) is 35.0 Å². The van der Waals surface area contributed by atoms with Crippen molar-refractivity contribution >= 4 is 16.8 Å². The summed E-state index contributed by atoms with van der Waals surface area (Å²) >= 11 is 0. The van der Waals surface area contributed by atoms with Gasteiger partial charge in [-0.3, -0.25) is 4.79 Å². The molecule has 9 nitrogen and oxygen atoms in total. The van der Waals surface area contributed by atoms with Gasteiger partial charge in [0.15, 0.2) is 11.5 Å². The molecular formula is C21H21N7O2. The first kappa shape index (κ1) is 17.4. The Labute approximate surface area is 172 Å². The zero-order chi connectivity index (χ0) is 20.1. The third-order valence-corrected chi connectivity index (χ3v) is 6.06. The fourth-order valence-electron chi connectivity index (χ4n) is 4.18. The average molecular weight is 403 g/mol. The van der Waals surface area contributed by atoms with Crippen molar-refractivity contribution in [2.75, 3.05) is 13.1 Å². The van der Waals surface area contributed by atoms with Crippen molar-refractivity contribution in [2.45, 2.75) is 37.6 Å². The molecule has 152 valence electrons. The standard InChI is InChI=1S/C21H21N7O2/c29-21(16-2-1-3-17-15(16)6-9-22-17)27-10-7-14(8-11-27)28-12-18(24-26-28)20-23-19(25-30-20)13-4-5-13/h1-3,6,9,12-14,22H,4-5,7-8,10-11H2. The molecule has 0 atom stereocenters. The molecule has 6 rings (SSSR count). The highest BCUT2D eigenvalue weighted by Crippen LogP contribution is 2.38. The minimum atomic E-state index is 0.0800. The summed E-state index contributed by atoms with van der Waals surface area (Å²) in [6.45, 7) is 1.37. The van der Waals surface area contributed by atoms with Crippen LogP contribution in [-0.4, -0.2) is 54.0 Å². The van der Waals surface area contributed by atoms with Crippen molar-refractivity contribution in [2.24, 2.45) is 0 Å². The molecule has 1 aromatic carbocycles. The van der Waals surface area contributed by atoms with Gasteiger partial charge in [-0.05, 0) is 43.9 Å². The van der Waals surface area contributed by atoms with Gasteiger partial charge in [0, 0.05) is 41.7 Å². The number of hydrogen-bond donors (Lipinski definition) is 1. The molecule has 1 saturated carbocycles. The molecule has 1 aliphatic carbocycles. The number of nitrogens with zero attached hydrogens (tertiary/aromatic N) is 6. The van der Waals surface area contributed by atoms with Gasteiger partial charge in [0.05, 0.1) is 12.2 Å². The van der Waals surface area contributed by atoms with Crippen molar-refractivity contribution < 1.29 is 9.32 Å². The Kier molecular flexibility index (Phi) is 3.93. The van der Waals surface area contributed by atoms with Crippen LogP contribution in [0.1, 0.15) is 53.8 Å². The second-order valence-corrected chi connectivity index (χ2v) is 8.08. The third-order valence-electron chi connectivity index (χ3n) is 6.06. The number of carbonyl (C=O) groups is 1. The minimum Gasteiger partial charge on any atom is -0.361 e. The smallest absolute Gasteiger partial charge is 0.280 e. The molecular weight excluding hydrogens is 382 g/mol. The van der Waals surface area contributed by atoms with E-state index in [-0.39, 0.29) is 11.9 Å². The second-order valence-electron chi connectivity index (χ2n) is 8.08. The number of benzene rings is 1. The molecule has 1 saturated heterocycles. The molecule has 0 spiro atoms. The van der Waals surface area contributed by atoms with Gasteiger partial charge in [0.25, 0.3) is 11.8 Å². The van der Waals surface area contributed by atoms with E-state index in [4.69, 9.17) is 4.52 Å². The van der Waals surface area contributed by atoms with Gasteiger partial charge < -0.3 is 14.4 Å². The molecule has 1 amide bonds. The number of likely N-dealkylation sites (tertiary alicyclic amines) is 1. The van der Waals surface area contributed by atoms with Crippen LogP contribution in [0.15, 0.2) is 41.2 Å². The van der Waals surface area contributed by atoms with Crippen LogP contribution in [0, 0.1) is 0 Å². The molecule has 4 aromatic rings. The zero-order valence-corrected chi connectivity index (χ0v) is 16.4. The van der Waals surface area contributed by atoms with Crippen LogP contribution in [0.2, 0.25) is 0 Å². The molecule has 9 heteroatoms. The van der Waals surface area contributed by atoms with Gasteiger partial charge in [-0.2, -0.15) is 4.98 Å². The maximum absolute atomic E-state index is 13.1. The van der Waals surface area contributed by atoms with Crippen LogP contribution in [0.5, 0.6) is 0 Å². The Morgan fingerprint density at radius 1 is 1.13 bits per heavy atom. The van der Waals surface area contributed by atoms with E-state index >= 15 is 0 Å². The number of amides is 1. The average Bonchev–Trinajstić information content (AvgIpc) is 3.19. The topological polar surface area (TPSA) is 106 Å². The highest BCUT2D eigenvalue weighted by molar-refractivity contribution is 6.06. The lowest BCUT2D eigenvalue weighted by Crippen LogP contribution is -2.39. The van der Waals surface area contributed by atoms with Gasteiger partial charge in [-0.25, -0.2) is 4.68 Å². The Balaban J connectivity index is 1.14. The van der Waals surface area contributed by atoms with E-state index < -0.39 is 0 Å². The lowest BCUT2D eigenvalue weighted by atomic mass is 10.0. The first-order chi connectivity index (χ1) is 14.8. The summed E-state index contributed by atoms with van der Waals surface area (Å²) in [6, 6.07) is 7.95. The van der Waals surface area contributed by atoms with Crippen molar-refractivity contribution in [3.8, 4) is 11.6 Å². The van der Waals surface area contributed by atoms with Crippen LogP contribution in [0.3, 0.4) is 0 Å². The SMILES string of the molecule is O=C(c1cccc2[nH]ccc12)N1CCC(n2cc(-c3nc(C4CC4)no3)nn2)CC1. The van der Waals surface area contributed by atoms with Crippen LogP contribution in [-0.2, 0) is 0 Å². The van der Waals surface area contributed by atoms with E-state index in [9.17, 15) is 4.79 Å². The van der Waals surface area contributed by atoms with E-state index in [0.717, 1.165) is 48.0 Å². The molecule has 2 aliphatic rings. The Morgan fingerprint density at radius 2 is 2.00 bits per heavy atom. The molecule has 3 aromatic heterocycles. The van der Waals surface area contributed by atoms with Gasteiger partial charge >= 0.3 is 0 Å². The second kappa shape index (κ2) is 6.79. The molecule has 0 bridgehead atoms. The molecule has 0 unspecified atom stereocenters. The Morgan fingerprint density at radius 3 is 2.83 bits per heavy atom. The predicted molar refractivity (Wildman–Crippen MR) is 108 cm³/mol. The Hall–Kier alpha value is -3.49. The molecule has 4 heterocycles. The number of carbonyl (C=O) groups excluding carboxylic acids is 1. The number of hydrogen-bond acceptors (Lipinski definition) is 6. The summed E-state index contributed by atoms with van der Waals surface area (Å²) in [5.74, 6) is 1.71. The van der Waals surface area contributed by atoms with Gasteiger partial charge in [-0.1, -0.05) is 16.4 Å². The normalized spacial score (nSPS) is 17.7. The highest BCUT2D eigenvalue weighted by Gasteiger charge is 2.30.